The van der Waals surface area contributed by atoms with Gasteiger partial charge in [0.05, 0.1) is 43.0 Å². The fourth-order valence-corrected chi connectivity index (χ4v) is 4.93. The molecule has 178 valence electrons. The minimum atomic E-state index is -0.428. The molecule has 0 aliphatic carbocycles. The summed E-state index contributed by atoms with van der Waals surface area (Å²) in [6.45, 7) is 2.08. The van der Waals surface area contributed by atoms with E-state index in [0.717, 1.165) is 4.88 Å². The molecule has 3 aromatic heterocycles. The predicted molar refractivity (Wildman–Crippen MR) is 121 cm³/mol. The van der Waals surface area contributed by atoms with Gasteiger partial charge in [0.25, 0.3) is 11.8 Å². The highest BCUT2D eigenvalue weighted by Crippen LogP contribution is 2.24. The van der Waals surface area contributed by atoms with Crippen LogP contribution in [0.1, 0.15) is 30.7 Å². The highest BCUT2D eigenvalue weighted by atomic mass is 32.1. The average molecular weight is 485 g/mol. The second-order valence-corrected chi connectivity index (χ2v) is 9.18. The quantitative estimate of drug-likeness (QED) is 0.587. The first-order valence-electron chi connectivity index (χ1n) is 10.9. The molecule has 5 rings (SSSR count). The first-order valence-corrected chi connectivity index (χ1v) is 11.7. The minimum Gasteiger partial charge on any atom is -0.489 e. The Kier molecular flexibility index (Phi) is 6.52. The number of rotatable bonds is 3. The second kappa shape index (κ2) is 9.87. The number of carbonyl (C=O) groups is 2. The number of hydrogen-bond donors (Lipinski definition) is 1. The highest BCUT2D eigenvalue weighted by molar-refractivity contribution is 7.14. The number of nitrogens with zero attached hydrogens (tertiary/aromatic N) is 5. The maximum atomic E-state index is 13.2. The van der Waals surface area contributed by atoms with Crippen molar-refractivity contribution < 1.29 is 23.8 Å². The molecule has 12 heteroatoms. The molecule has 3 aromatic rings. The Morgan fingerprint density at radius 3 is 3.12 bits per heavy atom. The van der Waals surface area contributed by atoms with Gasteiger partial charge in [0.2, 0.25) is 0 Å². The van der Waals surface area contributed by atoms with E-state index in [1.165, 1.54) is 11.3 Å². The number of amides is 2. The molecule has 1 saturated heterocycles. The number of nitrogens with one attached hydrogen (secondary N) is 1. The van der Waals surface area contributed by atoms with Crippen LogP contribution in [0.15, 0.2) is 36.7 Å². The predicted octanol–water partition coefficient (Wildman–Crippen LogP) is 1.11. The van der Waals surface area contributed by atoms with Gasteiger partial charge in [0, 0.05) is 31.3 Å². The van der Waals surface area contributed by atoms with E-state index in [9.17, 15) is 9.59 Å². The van der Waals surface area contributed by atoms with Crippen molar-refractivity contribution in [2.45, 2.75) is 31.9 Å². The van der Waals surface area contributed by atoms with Gasteiger partial charge in [-0.1, -0.05) is 5.21 Å². The first kappa shape index (κ1) is 22.4. The van der Waals surface area contributed by atoms with Gasteiger partial charge in [0.1, 0.15) is 12.3 Å². The van der Waals surface area contributed by atoms with Gasteiger partial charge < -0.3 is 24.4 Å². The van der Waals surface area contributed by atoms with Crippen LogP contribution in [0.4, 0.5) is 0 Å². The topological polar surface area (TPSA) is 121 Å². The summed E-state index contributed by atoms with van der Waals surface area (Å²) in [6.07, 6.45) is 2.92. The molecule has 34 heavy (non-hydrogen) atoms. The zero-order valence-corrected chi connectivity index (χ0v) is 19.4. The largest absolute Gasteiger partial charge is 0.489 e. The first-order chi connectivity index (χ1) is 16.6. The lowest BCUT2D eigenvalue weighted by Gasteiger charge is -2.20. The van der Waals surface area contributed by atoms with Gasteiger partial charge in [0.15, 0.2) is 11.4 Å². The van der Waals surface area contributed by atoms with E-state index in [-0.39, 0.29) is 24.1 Å². The smallest absolute Gasteiger partial charge is 0.274 e. The Bertz CT molecular complexity index is 1180. The summed E-state index contributed by atoms with van der Waals surface area (Å²) in [5.74, 6) is -0.107. The zero-order valence-electron chi connectivity index (χ0n) is 18.5. The van der Waals surface area contributed by atoms with Crippen LogP contribution in [0.3, 0.4) is 0 Å². The van der Waals surface area contributed by atoms with E-state index < -0.39 is 12.1 Å². The molecule has 0 spiro atoms. The molecule has 2 bridgehead atoms. The van der Waals surface area contributed by atoms with Crippen molar-refractivity contribution in [3.8, 4) is 5.75 Å². The van der Waals surface area contributed by atoms with Crippen molar-refractivity contribution in [2.24, 2.45) is 0 Å². The lowest BCUT2D eigenvalue weighted by molar-refractivity contribution is 0.0290. The van der Waals surface area contributed by atoms with Crippen molar-refractivity contribution in [2.75, 3.05) is 26.8 Å². The SMILES string of the molecule is COCc1ccc(C(=O)N2C[C@@H]3NC(=O)c4ncccc4OCCn4cc(nn4)CO[C@H]3C2)s1. The van der Waals surface area contributed by atoms with E-state index in [1.807, 2.05) is 6.07 Å². The Morgan fingerprint density at radius 2 is 2.24 bits per heavy atom. The summed E-state index contributed by atoms with van der Waals surface area (Å²) in [6, 6.07) is 6.67. The summed E-state index contributed by atoms with van der Waals surface area (Å²) < 4.78 is 18.7. The van der Waals surface area contributed by atoms with Gasteiger partial charge in [-0.25, -0.2) is 9.67 Å². The number of methoxy groups -OCH3 is 1. The standard InChI is InChI=1S/C22H24N6O5S/c1-31-13-15-4-5-19(34-15)22(30)27-10-16-18(11-27)33-12-14-9-28(26-25-14)7-8-32-17-3-2-6-23-20(17)21(29)24-16/h2-6,9,16,18H,7-8,10-13H2,1H3,(H,24,29)/t16-,18-/m0/s1. The van der Waals surface area contributed by atoms with Gasteiger partial charge in [-0.3, -0.25) is 9.59 Å². The van der Waals surface area contributed by atoms with Crippen LogP contribution >= 0.6 is 11.3 Å². The summed E-state index contributed by atoms with van der Waals surface area (Å²) in [5.41, 5.74) is 0.848. The Balaban J connectivity index is 1.39. The van der Waals surface area contributed by atoms with Crippen LogP contribution in [0.5, 0.6) is 5.75 Å². The molecule has 2 aliphatic rings. The summed E-state index contributed by atoms with van der Waals surface area (Å²) >= 11 is 1.40. The molecule has 0 saturated carbocycles. The third-order valence-electron chi connectivity index (χ3n) is 5.62. The average Bonchev–Trinajstić information content (AvgIpc) is 3.58. The summed E-state index contributed by atoms with van der Waals surface area (Å²) in [5, 5.41) is 11.2. The van der Waals surface area contributed by atoms with E-state index in [1.54, 1.807) is 47.3 Å². The number of pyridine rings is 1. The molecule has 1 fully saturated rings. The molecule has 0 radical (unpaired) electrons. The van der Waals surface area contributed by atoms with Gasteiger partial charge in [-0.15, -0.1) is 16.4 Å². The summed E-state index contributed by atoms with van der Waals surface area (Å²) in [7, 11) is 1.62. The molecule has 5 heterocycles. The van der Waals surface area contributed by atoms with Crippen molar-refractivity contribution in [1.82, 2.24) is 30.2 Å². The Labute approximate surface area is 199 Å². The zero-order chi connectivity index (χ0) is 23.5. The maximum Gasteiger partial charge on any atom is 0.274 e. The molecule has 1 N–H and O–H groups in total. The number of hydrogen-bond acceptors (Lipinski definition) is 9. The molecular formula is C22H24N6O5S. The fraction of sp³-hybridized carbons (Fsp3) is 0.409. The third kappa shape index (κ3) is 4.79. The lowest BCUT2D eigenvalue weighted by Crippen LogP contribution is -2.44. The number of thiophene rings is 1. The normalized spacial score (nSPS) is 20.6. The molecule has 2 atom stereocenters. The third-order valence-corrected chi connectivity index (χ3v) is 6.67. The van der Waals surface area contributed by atoms with Crippen molar-refractivity contribution >= 4 is 23.2 Å². The Morgan fingerprint density at radius 1 is 1.32 bits per heavy atom. The molecule has 0 unspecified atom stereocenters. The summed E-state index contributed by atoms with van der Waals surface area (Å²) in [4.78, 5) is 33.8. The number of ether oxygens (including phenoxy) is 3. The van der Waals surface area contributed by atoms with E-state index in [0.29, 0.717) is 49.2 Å². The van der Waals surface area contributed by atoms with E-state index in [2.05, 4.69) is 20.6 Å². The van der Waals surface area contributed by atoms with Crippen molar-refractivity contribution in [3.63, 3.8) is 0 Å². The number of carbonyl (C=O) groups excluding carboxylic acids is 2. The van der Waals surface area contributed by atoms with Crippen LogP contribution in [0.2, 0.25) is 0 Å². The van der Waals surface area contributed by atoms with Gasteiger partial charge in [-0.05, 0) is 24.3 Å². The van der Waals surface area contributed by atoms with E-state index in [4.69, 9.17) is 14.2 Å². The van der Waals surface area contributed by atoms with Crippen LogP contribution in [0.25, 0.3) is 0 Å². The lowest BCUT2D eigenvalue weighted by atomic mass is 10.2. The molecule has 2 aliphatic heterocycles. The van der Waals surface area contributed by atoms with Crippen LogP contribution < -0.4 is 10.1 Å². The fourth-order valence-electron chi connectivity index (χ4n) is 3.99. The monoisotopic (exact) mass is 484 g/mol. The Hall–Kier alpha value is -3.35. The number of likely N-dealkylation sites (tertiary alicyclic amines) is 1. The number of aromatic nitrogens is 4. The molecule has 0 aromatic carbocycles. The number of fused-ring (bicyclic) bond motifs is 4. The van der Waals surface area contributed by atoms with Crippen LogP contribution in [-0.4, -0.2) is 75.6 Å². The molecular weight excluding hydrogens is 460 g/mol. The highest BCUT2D eigenvalue weighted by Gasteiger charge is 2.38. The molecule has 2 amide bonds. The maximum absolute atomic E-state index is 13.2. The van der Waals surface area contributed by atoms with Crippen molar-refractivity contribution in [3.05, 3.63) is 57.8 Å². The van der Waals surface area contributed by atoms with Gasteiger partial charge >= 0.3 is 0 Å². The van der Waals surface area contributed by atoms with Crippen LogP contribution in [-0.2, 0) is 29.2 Å². The second-order valence-electron chi connectivity index (χ2n) is 8.01. The minimum absolute atomic E-state index is 0.108. The van der Waals surface area contributed by atoms with Gasteiger partial charge in [-0.2, -0.15) is 0 Å². The van der Waals surface area contributed by atoms with Crippen molar-refractivity contribution in [1.29, 1.82) is 0 Å². The van der Waals surface area contributed by atoms with Crippen LogP contribution in [0, 0.1) is 0 Å². The van der Waals surface area contributed by atoms with E-state index >= 15 is 0 Å². The molecule has 11 nitrogen and oxygen atoms in total.